The van der Waals surface area contributed by atoms with Crippen LogP contribution in [-0.4, -0.2) is 34.7 Å². The van der Waals surface area contributed by atoms with E-state index in [2.05, 4.69) is 11.6 Å². The van der Waals surface area contributed by atoms with E-state index in [1.807, 2.05) is 11.8 Å². The summed E-state index contributed by atoms with van der Waals surface area (Å²) in [5, 5.41) is 13.0. The molecule has 0 saturated heterocycles. The molecule has 4 heteroatoms. The highest BCUT2D eigenvalue weighted by Crippen LogP contribution is 2.41. The first kappa shape index (κ1) is 12.2. The molecule has 0 radical (unpaired) electrons. The molecule has 2 fully saturated rings. The fraction of sp³-hybridized carbons (Fsp3) is 0.917. The van der Waals surface area contributed by atoms with Gasteiger partial charge in [0.15, 0.2) is 0 Å². The van der Waals surface area contributed by atoms with Crippen LogP contribution in [0.4, 0.5) is 0 Å². The Morgan fingerprint density at radius 3 is 2.81 bits per heavy atom. The summed E-state index contributed by atoms with van der Waals surface area (Å²) in [4.78, 5) is 11.6. The minimum absolute atomic E-state index is 0.332. The zero-order chi connectivity index (χ0) is 11.6. The molecular formula is C12H21NO2S. The van der Waals surface area contributed by atoms with Gasteiger partial charge in [0.25, 0.3) is 0 Å². The molecule has 2 saturated carbocycles. The van der Waals surface area contributed by atoms with Crippen molar-refractivity contribution in [3.8, 4) is 0 Å². The van der Waals surface area contributed by atoms with Crippen LogP contribution in [0.5, 0.6) is 0 Å². The molecule has 0 heterocycles. The summed E-state index contributed by atoms with van der Waals surface area (Å²) in [6.07, 6.45) is 8.39. The Hall–Kier alpha value is -0.220. The normalized spacial score (nSPS) is 34.2. The lowest BCUT2D eigenvalue weighted by Crippen LogP contribution is -2.55. The smallest absolute Gasteiger partial charge is 0.324 e. The van der Waals surface area contributed by atoms with Crippen LogP contribution >= 0.6 is 11.8 Å². The van der Waals surface area contributed by atoms with E-state index >= 15 is 0 Å². The van der Waals surface area contributed by atoms with Gasteiger partial charge in [0.1, 0.15) is 5.54 Å². The highest BCUT2D eigenvalue weighted by Gasteiger charge is 2.50. The second-order valence-corrected chi connectivity index (χ2v) is 6.05. The Kier molecular flexibility index (Phi) is 3.80. The quantitative estimate of drug-likeness (QED) is 0.750. The highest BCUT2D eigenvalue weighted by atomic mass is 32.2. The van der Waals surface area contributed by atoms with E-state index in [-0.39, 0.29) is 0 Å². The van der Waals surface area contributed by atoms with Crippen LogP contribution in [0.2, 0.25) is 0 Å². The summed E-state index contributed by atoms with van der Waals surface area (Å²) in [6, 6.07) is 0.478. The lowest BCUT2D eigenvalue weighted by atomic mass is 9.85. The van der Waals surface area contributed by atoms with Gasteiger partial charge in [-0.15, -0.1) is 0 Å². The second-order valence-electron chi connectivity index (χ2n) is 5.07. The van der Waals surface area contributed by atoms with E-state index < -0.39 is 11.5 Å². The van der Waals surface area contributed by atoms with Crippen molar-refractivity contribution in [2.45, 2.75) is 50.1 Å². The molecule has 0 aromatic heterocycles. The number of carboxylic acid groups (broad SMARTS) is 1. The number of hydrogen-bond donors (Lipinski definition) is 2. The first-order valence-electron chi connectivity index (χ1n) is 6.19. The zero-order valence-electron chi connectivity index (χ0n) is 9.87. The van der Waals surface area contributed by atoms with Crippen LogP contribution in [0.3, 0.4) is 0 Å². The van der Waals surface area contributed by atoms with Crippen LogP contribution in [0, 0.1) is 5.92 Å². The third kappa shape index (κ3) is 2.38. The van der Waals surface area contributed by atoms with Gasteiger partial charge < -0.3 is 5.11 Å². The SMILES string of the molecule is CSCCC1CCCC1(NC1CC1)C(=O)O. The van der Waals surface area contributed by atoms with Crippen LogP contribution in [0.15, 0.2) is 0 Å². The first-order valence-corrected chi connectivity index (χ1v) is 7.58. The highest BCUT2D eigenvalue weighted by molar-refractivity contribution is 7.98. The minimum atomic E-state index is -0.622. The lowest BCUT2D eigenvalue weighted by molar-refractivity contribution is -0.146. The van der Waals surface area contributed by atoms with Crippen molar-refractivity contribution < 1.29 is 9.90 Å². The fourth-order valence-corrected chi connectivity index (χ4v) is 3.37. The van der Waals surface area contributed by atoms with Gasteiger partial charge in [0, 0.05) is 6.04 Å². The molecular weight excluding hydrogens is 222 g/mol. The molecule has 2 aliphatic carbocycles. The molecule has 0 amide bonds. The Labute approximate surface area is 101 Å². The van der Waals surface area contributed by atoms with Crippen molar-refractivity contribution in [1.29, 1.82) is 0 Å². The molecule has 2 atom stereocenters. The van der Waals surface area contributed by atoms with Gasteiger partial charge in [-0.1, -0.05) is 6.42 Å². The molecule has 92 valence electrons. The predicted octanol–water partition coefficient (Wildman–Crippen LogP) is 2.11. The molecule has 0 aromatic rings. The topological polar surface area (TPSA) is 49.3 Å². The van der Waals surface area contributed by atoms with Crippen LogP contribution in [-0.2, 0) is 4.79 Å². The summed E-state index contributed by atoms with van der Waals surface area (Å²) in [5.41, 5.74) is -0.600. The molecule has 2 rings (SSSR count). The van der Waals surface area contributed by atoms with E-state index in [9.17, 15) is 9.90 Å². The van der Waals surface area contributed by atoms with E-state index in [1.54, 1.807) is 0 Å². The maximum Gasteiger partial charge on any atom is 0.324 e. The van der Waals surface area contributed by atoms with E-state index in [4.69, 9.17) is 0 Å². The Bertz CT molecular complexity index is 268. The van der Waals surface area contributed by atoms with Crippen LogP contribution < -0.4 is 5.32 Å². The number of aliphatic carboxylic acids is 1. The maximum atomic E-state index is 11.6. The molecule has 2 N–H and O–H groups in total. The van der Waals surface area contributed by atoms with Gasteiger partial charge in [0.05, 0.1) is 0 Å². The van der Waals surface area contributed by atoms with Gasteiger partial charge in [-0.3, -0.25) is 10.1 Å². The number of nitrogens with one attached hydrogen (secondary N) is 1. The van der Waals surface area contributed by atoms with E-state index in [0.717, 1.165) is 44.3 Å². The average molecular weight is 243 g/mol. The van der Waals surface area contributed by atoms with Gasteiger partial charge >= 0.3 is 5.97 Å². The number of carboxylic acids is 1. The average Bonchev–Trinajstić information content (AvgIpc) is 2.95. The first-order chi connectivity index (χ1) is 7.69. The Morgan fingerprint density at radius 2 is 2.25 bits per heavy atom. The number of hydrogen-bond acceptors (Lipinski definition) is 3. The van der Waals surface area contributed by atoms with Crippen molar-refractivity contribution in [2.24, 2.45) is 5.92 Å². The van der Waals surface area contributed by atoms with Crippen molar-refractivity contribution in [3.63, 3.8) is 0 Å². The monoisotopic (exact) mass is 243 g/mol. The third-order valence-electron chi connectivity index (χ3n) is 3.91. The van der Waals surface area contributed by atoms with Crippen molar-refractivity contribution in [2.75, 3.05) is 12.0 Å². The Morgan fingerprint density at radius 1 is 1.50 bits per heavy atom. The molecule has 16 heavy (non-hydrogen) atoms. The Balaban J connectivity index is 2.05. The van der Waals surface area contributed by atoms with Crippen molar-refractivity contribution in [1.82, 2.24) is 5.32 Å². The van der Waals surface area contributed by atoms with Gasteiger partial charge in [-0.25, -0.2) is 0 Å². The summed E-state index contributed by atoms with van der Waals surface area (Å²) in [5.74, 6) is 0.785. The van der Waals surface area contributed by atoms with Crippen molar-refractivity contribution >= 4 is 17.7 Å². The largest absolute Gasteiger partial charge is 0.480 e. The lowest BCUT2D eigenvalue weighted by Gasteiger charge is -2.32. The predicted molar refractivity (Wildman–Crippen MR) is 66.9 cm³/mol. The van der Waals surface area contributed by atoms with E-state index in [1.165, 1.54) is 0 Å². The van der Waals surface area contributed by atoms with Gasteiger partial charge in [0.2, 0.25) is 0 Å². The molecule has 2 unspecified atom stereocenters. The third-order valence-corrected chi connectivity index (χ3v) is 4.56. The maximum absolute atomic E-state index is 11.6. The van der Waals surface area contributed by atoms with Gasteiger partial charge in [-0.2, -0.15) is 11.8 Å². The fourth-order valence-electron chi connectivity index (χ4n) is 2.85. The molecule has 0 aromatic carbocycles. The number of rotatable bonds is 6. The molecule has 2 aliphatic rings. The number of carbonyl (C=O) groups is 1. The standard InChI is InChI=1S/C12H21NO2S/c1-16-8-6-9-3-2-7-12(9,11(14)15)13-10-4-5-10/h9-10,13H,2-8H2,1H3,(H,14,15). The van der Waals surface area contributed by atoms with Crippen molar-refractivity contribution in [3.05, 3.63) is 0 Å². The van der Waals surface area contributed by atoms with E-state index in [0.29, 0.717) is 12.0 Å². The molecule has 3 nitrogen and oxygen atoms in total. The van der Waals surface area contributed by atoms with Gasteiger partial charge in [-0.05, 0) is 50.0 Å². The van der Waals surface area contributed by atoms with Crippen LogP contribution in [0.25, 0.3) is 0 Å². The summed E-state index contributed by atoms with van der Waals surface area (Å²) < 4.78 is 0. The number of thioether (sulfide) groups is 1. The molecule has 0 bridgehead atoms. The summed E-state index contributed by atoms with van der Waals surface area (Å²) >= 11 is 1.81. The second kappa shape index (κ2) is 4.96. The molecule has 0 spiro atoms. The summed E-state index contributed by atoms with van der Waals surface area (Å²) in [6.45, 7) is 0. The zero-order valence-corrected chi connectivity index (χ0v) is 10.7. The molecule has 0 aliphatic heterocycles. The minimum Gasteiger partial charge on any atom is -0.480 e. The van der Waals surface area contributed by atoms with Crippen LogP contribution in [0.1, 0.15) is 38.5 Å². The summed E-state index contributed by atoms with van der Waals surface area (Å²) in [7, 11) is 0.